The van der Waals surface area contributed by atoms with Crippen LogP contribution < -0.4 is 10.2 Å². The first-order valence-corrected chi connectivity index (χ1v) is 8.13. The fourth-order valence-corrected chi connectivity index (χ4v) is 2.65. The fraction of sp³-hybridized carbons (Fsp3) is 0.368. The Morgan fingerprint density at radius 3 is 2.18 bits per heavy atom. The number of hydrogen-bond donors (Lipinski definition) is 2. The first-order valence-electron chi connectivity index (χ1n) is 8.13. The van der Waals surface area contributed by atoms with E-state index in [2.05, 4.69) is 48.3 Å². The molecule has 2 aromatic carbocycles. The van der Waals surface area contributed by atoms with Crippen LogP contribution in [0.25, 0.3) is 0 Å². The van der Waals surface area contributed by atoms with Crippen LogP contribution in [0.2, 0.25) is 0 Å². The van der Waals surface area contributed by atoms with Crippen molar-refractivity contribution in [1.82, 2.24) is 0 Å². The minimum atomic E-state index is -0.406. The Morgan fingerprint density at radius 2 is 1.59 bits per heavy atom. The van der Waals surface area contributed by atoms with E-state index in [0.717, 1.165) is 25.2 Å². The second kappa shape index (κ2) is 8.57. The first kappa shape index (κ1) is 16.5. The predicted octanol–water partition coefficient (Wildman–Crippen LogP) is 2.33. The van der Waals surface area contributed by atoms with Crippen molar-refractivity contribution in [2.24, 2.45) is 0 Å². The van der Waals surface area contributed by atoms with Crippen LogP contribution in [0.5, 0.6) is 0 Å². The first-order chi connectivity index (χ1) is 10.7. The minimum absolute atomic E-state index is 0.406. The number of aliphatic hydroxyl groups is 1. The molecule has 0 aromatic heterocycles. The highest BCUT2D eigenvalue weighted by molar-refractivity contribution is 5.47. The maximum absolute atomic E-state index is 10.1. The summed E-state index contributed by atoms with van der Waals surface area (Å²) in [6.45, 7) is 7.99. The van der Waals surface area contributed by atoms with Gasteiger partial charge < -0.3 is 15.3 Å². The molecular formula is C19H27N2O+. The van der Waals surface area contributed by atoms with Crippen LogP contribution in [-0.4, -0.2) is 24.7 Å². The SMILES string of the molecule is CCN(CC)c1ccc(C[NH2+]C[C@@H](O)c2ccccc2)cc1. The smallest absolute Gasteiger partial charge is 0.128 e. The average Bonchev–Trinajstić information content (AvgIpc) is 2.58. The van der Waals surface area contributed by atoms with E-state index in [1.165, 1.54) is 11.3 Å². The summed E-state index contributed by atoms with van der Waals surface area (Å²) in [6.07, 6.45) is -0.406. The summed E-state index contributed by atoms with van der Waals surface area (Å²) in [6, 6.07) is 18.6. The van der Waals surface area contributed by atoms with Crippen molar-refractivity contribution in [3.05, 3.63) is 65.7 Å². The van der Waals surface area contributed by atoms with Gasteiger partial charge in [-0.1, -0.05) is 42.5 Å². The lowest BCUT2D eigenvalue weighted by Crippen LogP contribution is -2.83. The number of anilines is 1. The van der Waals surface area contributed by atoms with Crippen molar-refractivity contribution >= 4 is 5.69 Å². The van der Waals surface area contributed by atoms with E-state index in [4.69, 9.17) is 0 Å². The number of hydrogen-bond acceptors (Lipinski definition) is 2. The molecule has 2 rings (SSSR count). The monoisotopic (exact) mass is 299 g/mol. The van der Waals surface area contributed by atoms with Crippen molar-refractivity contribution < 1.29 is 10.4 Å². The standard InChI is InChI=1S/C19H26N2O/c1-3-21(4-2)18-12-10-16(11-13-18)14-20-15-19(22)17-8-6-5-7-9-17/h5-13,19-20,22H,3-4,14-15H2,1-2H3/p+1/t19-/m1/s1. The van der Waals surface area contributed by atoms with Crippen LogP contribution in [0.1, 0.15) is 31.1 Å². The summed E-state index contributed by atoms with van der Waals surface area (Å²) in [5, 5.41) is 12.3. The van der Waals surface area contributed by atoms with Gasteiger partial charge in [-0.3, -0.25) is 0 Å². The number of nitrogens with two attached hydrogens (primary N) is 1. The van der Waals surface area contributed by atoms with Gasteiger partial charge in [-0.2, -0.15) is 0 Å². The lowest BCUT2D eigenvalue weighted by molar-refractivity contribution is -0.677. The summed E-state index contributed by atoms with van der Waals surface area (Å²) in [5.74, 6) is 0. The Balaban J connectivity index is 1.82. The normalized spacial score (nSPS) is 12.1. The van der Waals surface area contributed by atoms with Crippen molar-refractivity contribution in [1.29, 1.82) is 0 Å². The lowest BCUT2D eigenvalue weighted by atomic mass is 10.1. The van der Waals surface area contributed by atoms with Gasteiger partial charge in [-0.15, -0.1) is 0 Å². The molecule has 2 aromatic rings. The van der Waals surface area contributed by atoms with Crippen molar-refractivity contribution in [3.63, 3.8) is 0 Å². The molecule has 22 heavy (non-hydrogen) atoms. The second-order valence-electron chi connectivity index (χ2n) is 5.49. The van der Waals surface area contributed by atoms with Crippen LogP contribution in [-0.2, 0) is 6.54 Å². The van der Waals surface area contributed by atoms with Crippen molar-refractivity contribution in [3.8, 4) is 0 Å². The zero-order valence-corrected chi connectivity index (χ0v) is 13.6. The molecule has 0 aliphatic rings. The third kappa shape index (κ3) is 4.58. The molecule has 0 heterocycles. The average molecular weight is 299 g/mol. The number of benzene rings is 2. The second-order valence-corrected chi connectivity index (χ2v) is 5.49. The van der Waals surface area contributed by atoms with Crippen molar-refractivity contribution in [2.45, 2.75) is 26.5 Å². The Morgan fingerprint density at radius 1 is 0.955 bits per heavy atom. The lowest BCUT2D eigenvalue weighted by Gasteiger charge is -2.21. The van der Waals surface area contributed by atoms with E-state index in [0.29, 0.717) is 6.54 Å². The Kier molecular flexibility index (Phi) is 6.44. The van der Waals surface area contributed by atoms with Gasteiger partial charge in [0.05, 0.1) is 0 Å². The van der Waals surface area contributed by atoms with E-state index in [-0.39, 0.29) is 0 Å². The van der Waals surface area contributed by atoms with E-state index >= 15 is 0 Å². The summed E-state index contributed by atoms with van der Waals surface area (Å²) >= 11 is 0. The molecule has 0 amide bonds. The molecule has 0 unspecified atom stereocenters. The van der Waals surface area contributed by atoms with Crippen LogP contribution in [0.15, 0.2) is 54.6 Å². The number of quaternary nitrogens is 1. The number of nitrogens with zero attached hydrogens (tertiary/aromatic N) is 1. The zero-order valence-electron chi connectivity index (χ0n) is 13.6. The zero-order chi connectivity index (χ0) is 15.8. The minimum Gasteiger partial charge on any atom is -0.382 e. The molecule has 3 N–H and O–H groups in total. The molecule has 0 spiro atoms. The third-order valence-electron chi connectivity index (χ3n) is 4.02. The van der Waals surface area contributed by atoms with Gasteiger partial charge in [0.15, 0.2) is 0 Å². The molecule has 0 bridgehead atoms. The molecule has 0 saturated heterocycles. The predicted molar refractivity (Wildman–Crippen MR) is 91.9 cm³/mol. The van der Waals surface area contributed by atoms with Crippen LogP contribution in [0.3, 0.4) is 0 Å². The van der Waals surface area contributed by atoms with E-state index in [9.17, 15) is 5.11 Å². The maximum atomic E-state index is 10.1. The Bertz CT molecular complexity index is 535. The van der Waals surface area contributed by atoms with Crippen LogP contribution in [0.4, 0.5) is 5.69 Å². The number of rotatable bonds is 8. The topological polar surface area (TPSA) is 40.1 Å². The molecule has 0 aliphatic carbocycles. The maximum Gasteiger partial charge on any atom is 0.128 e. The molecule has 3 heteroatoms. The molecule has 118 valence electrons. The summed E-state index contributed by atoms with van der Waals surface area (Å²) in [7, 11) is 0. The van der Waals surface area contributed by atoms with Crippen LogP contribution >= 0.6 is 0 Å². The third-order valence-corrected chi connectivity index (χ3v) is 4.02. The van der Waals surface area contributed by atoms with Gasteiger partial charge in [0, 0.05) is 24.3 Å². The van der Waals surface area contributed by atoms with E-state index < -0.39 is 6.10 Å². The Labute approximate surface area is 133 Å². The molecule has 0 fully saturated rings. The molecule has 0 radical (unpaired) electrons. The quantitative estimate of drug-likeness (QED) is 0.785. The molecule has 1 atom stereocenters. The molecular weight excluding hydrogens is 272 g/mol. The van der Waals surface area contributed by atoms with Gasteiger partial charge >= 0.3 is 0 Å². The van der Waals surface area contributed by atoms with Crippen LogP contribution in [0, 0.1) is 0 Å². The number of aliphatic hydroxyl groups excluding tert-OH is 1. The van der Waals surface area contributed by atoms with Gasteiger partial charge in [-0.25, -0.2) is 0 Å². The highest BCUT2D eigenvalue weighted by Gasteiger charge is 2.09. The summed E-state index contributed by atoms with van der Waals surface area (Å²) < 4.78 is 0. The van der Waals surface area contributed by atoms with Gasteiger partial charge in [-0.05, 0) is 31.5 Å². The molecule has 0 saturated carbocycles. The summed E-state index contributed by atoms with van der Waals surface area (Å²) in [4.78, 5) is 2.34. The highest BCUT2D eigenvalue weighted by Crippen LogP contribution is 2.14. The summed E-state index contributed by atoms with van der Waals surface area (Å²) in [5.41, 5.74) is 3.55. The van der Waals surface area contributed by atoms with Gasteiger partial charge in [0.1, 0.15) is 19.2 Å². The Hall–Kier alpha value is -1.84. The largest absolute Gasteiger partial charge is 0.382 e. The molecule has 3 nitrogen and oxygen atoms in total. The van der Waals surface area contributed by atoms with Gasteiger partial charge in [0.2, 0.25) is 0 Å². The van der Waals surface area contributed by atoms with E-state index in [1.807, 2.05) is 30.3 Å². The molecule has 0 aliphatic heterocycles. The van der Waals surface area contributed by atoms with Crippen molar-refractivity contribution in [2.75, 3.05) is 24.5 Å². The highest BCUT2D eigenvalue weighted by atomic mass is 16.3. The fourth-order valence-electron chi connectivity index (χ4n) is 2.65. The van der Waals surface area contributed by atoms with E-state index in [1.54, 1.807) is 0 Å². The van der Waals surface area contributed by atoms with Gasteiger partial charge in [0.25, 0.3) is 0 Å².